The third-order valence-electron chi connectivity index (χ3n) is 3.91. The zero-order chi connectivity index (χ0) is 14.3. The van der Waals surface area contributed by atoms with E-state index >= 15 is 0 Å². The predicted octanol–water partition coefficient (Wildman–Crippen LogP) is 3.60. The molecule has 0 aromatic carbocycles. The van der Waals surface area contributed by atoms with Gasteiger partial charge in [-0.3, -0.25) is 4.79 Å². The molecular formula is C14H18N2O2S. The lowest BCUT2D eigenvalue weighted by Crippen LogP contribution is -2.50. The smallest absolute Gasteiger partial charge is 0.311 e. The summed E-state index contributed by atoms with van der Waals surface area (Å²) >= 11 is 1.64. The Morgan fingerprint density at radius 3 is 2.63 bits per heavy atom. The number of nitrogens with one attached hydrogen (secondary N) is 1. The maximum absolute atomic E-state index is 11.4. The summed E-state index contributed by atoms with van der Waals surface area (Å²) in [5.74, 6) is -0.0967. The van der Waals surface area contributed by atoms with Crippen LogP contribution in [-0.4, -0.2) is 21.6 Å². The van der Waals surface area contributed by atoms with E-state index in [4.69, 9.17) is 0 Å². The highest BCUT2D eigenvalue weighted by Gasteiger charge is 2.43. The van der Waals surface area contributed by atoms with Crippen LogP contribution in [0.4, 0.5) is 5.82 Å². The molecule has 2 heterocycles. The Morgan fingerprint density at radius 2 is 2.00 bits per heavy atom. The van der Waals surface area contributed by atoms with E-state index < -0.39 is 16.9 Å². The fourth-order valence-electron chi connectivity index (χ4n) is 1.71. The maximum Gasteiger partial charge on any atom is 0.311 e. The summed E-state index contributed by atoms with van der Waals surface area (Å²) < 4.78 is 1.14. The SMILES string of the molecule is CC(C)(Nc1nccc2sccc12)C(C)(C)C(=O)O. The largest absolute Gasteiger partial charge is 0.481 e. The van der Waals surface area contributed by atoms with Crippen molar-refractivity contribution in [2.45, 2.75) is 33.2 Å². The Bertz CT molecular complexity index is 617. The van der Waals surface area contributed by atoms with Crippen molar-refractivity contribution in [1.82, 2.24) is 4.98 Å². The summed E-state index contributed by atoms with van der Waals surface area (Å²) in [6.45, 7) is 7.20. The van der Waals surface area contributed by atoms with Crippen molar-refractivity contribution in [2.24, 2.45) is 5.41 Å². The number of carbonyl (C=O) groups is 1. The van der Waals surface area contributed by atoms with Crippen LogP contribution in [0.1, 0.15) is 27.7 Å². The second kappa shape index (κ2) is 4.49. The Labute approximate surface area is 116 Å². The molecule has 19 heavy (non-hydrogen) atoms. The molecule has 0 bridgehead atoms. The van der Waals surface area contributed by atoms with E-state index in [9.17, 15) is 9.90 Å². The van der Waals surface area contributed by atoms with Crippen molar-refractivity contribution in [3.05, 3.63) is 23.7 Å². The fraction of sp³-hybridized carbons (Fsp3) is 0.429. The standard InChI is InChI=1S/C14H18N2O2S/c1-13(2,12(17)18)14(3,4)16-11-9-6-8-19-10(9)5-7-15-11/h5-8H,1-4H3,(H,15,16)(H,17,18). The van der Waals surface area contributed by atoms with E-state index in [1.807, 2.05) is 31.4 Å². The van der Waals surface area contributed by atoms with Crippen LogP contribution in [0.15, 0.2) is 23.7 Å². The van der Waals surface area contributed by atoms with Crippen LogP contribution in [0.3, 0.4) is 0 Å². The maximum atomic E-state index is 11.4. The molecule has 0 aliphatic rings. The first kappa shape index (κ1) is 13.8. The van der Waals surface area contributed by atoms with Gasteiger partial charge in [0.05, 0.1) is 5.41 Å². The molecule has 4 nitrogen and oxygen atoms in total. The topological polar surface area (TPSA) is 62.2 Å². The number of thiophene rings is 1. The third-order valence-corrected chi connectivity index (χ3v) is 4.79. The monoisotopic (exact) mass is 278 g/mol. The minimum absolute atomic E-state index is 0.623. The Hall–Kier alpha value is -1.62. The number of rotatable bonds is 4. The summed E-state index contributed by atoms with van der Waals surface area (Å²) in [6, 6.07) is 3.96. The van der Waals surface area contributed by atoms with E-state index in [2.05, 4.69) is 10.3 Å². The molecule has 5 heteroatoms. The molecule has 0 aliphatic heterocycles. The molecule has 0 radical (unpaired) electrons. The van der Waals surface area contributed by atoms with Crippen LogP contribution >= 0.6 is 11.3 Å². The van der Waals surface area contributed by atoms with Crippen molar-refractivity contribution < 1.29 is 9.90 Å². The Kier molecular flexibility index (Phi) is 3.26. The lowest BCUT2D eigenvalue weighted by Gasteiger charge is -2.39. The van der Waals surface area contributed by atoms with Crippen molar-refractivity contribution in [3.8, 4) is 0 Å². The fourth-order valence-corrected chi connectivity index (χ4v) is 2.50. The van der Waals surface area contributed by atoms with Gasteiger partial charge in [0.15, 0.2) is 0 Å². The zero-order valence-electron chi connectivity index (χ0n) is 11.5. The van der Waals surface area contributed by atoms with E-state index in [0.29, 0.717) is 0 Å². The van der Waals surface area contributed by atoms with Crippen molar-refractivity contribution >= 4 is 33.2 Å². The second-order valence-corrected chi connectivity index (χ2v) is 6.62. The predicted molar refractivity (Wildman–Crippen MR) is 78.7 cm³/mol. The lowest BCUT2D eigenvalue weighted by molar-refractivity contribution is -0.149. The molecule has 2 rings (SSSR count). The molecule has 0 saturated heterocycles. The van der Waals surface area contributed by atoms with Crippen LogP contribution in [-0.2, 0) is 4.79 Å². The van der Waals surface area contributed by atoms with Gasteiger partial charge in [-0.05, 0) is 45.2 Å². The Morgan fingerprint density at radius 1 is 1.32 bits per heavy atom. The number of hydrogen-bond acceptors (Lipinski definition) is 4. The zero-order valence-corrected chi connectivity index (χ0v) is 12.3. The number of anilines is 1. The number of pyridine rings is 1. The molecule has 2 aromatic rings. The number of carboxylic acid groups (broad SMARTS) is 1. The summed E-state index contributed by atoms with van der Waals surface area (Å²) in [5.41, 5.74) is -1.53. The quantitative estimate of drug-likeness (QED) is 0.897. The molecule has 102 valence electrons. The molecule has 0 saturated carbocycles. The second-order valence-electron chi connectivity index (χ2n) is 5.67. The van der Waals surface area contributed by atoms with E-state index in [0.717, 1.165) is 15.9 Å². The van der Waals surface area contributed by atoms with Crippen molar-refractivity contribution in [3.63, 3.8) is 0 Å². The normalized spacial score (nSPS) is 12.6. The van der Waals surface area contributed by atoms with Gasteiger partial charge in [0, 0.05) is 21.8 Å². The number of aromatic nitrogens is 1. The van der Waals surface area contributed by atoms with E-state index in [1.54, 1.807) is 31.4 Å². The van der Waals surface area contributed by atoms with E-state index in [-0.39, 0.29) is 0 Å². The Balaban J connectivity index is 2.40. The first-order valence-corrected chi connectivity index (χ1v) is 6.97. The first-order valence-electron chi connectivity index (χ1n) is 6.09. The average Bonchev–Trinajstić information content (AvgIpc) is 2.77. The highest BCUT2D eigenvalue weighted by Crippen LogP contribution is 2.36. The highest BCUT2D eigenvalue weighted by molar-refractivity contribution is 7.17. The number of carboxylic acids is 1. The van der Waals surface area contributed by atoms with Gasteiger partial charge in [-0.1, -0.05) is 0 Å². The van der Waals surface area contributed by atoms with Crippen molar-refractivity contribution in [1.29, 1.82) is 0 Å². The van der Waals surface area contributed by atoms with Crippen LogP contribution in [0.2, 0.25) is 0 Å². The molecular weight excluding hydrogens is 260 g/mol. The van der Waals surface area contributed by atoms with Crippen LogP contribution in [0.5, 0.6) is 0 Å². The summed E-state index contributed by atoms with van der Waals surface area (Å²) in [4.78, 5) is 15.8. The van der Waals surface area contributed by atoms with Gasteiger partial charge in [-0.25, -0.2) is 4.98 Å². The third kappa shape index (κ3) is 2.30. The number of hydrogen-bond donors (Lipinski definition) is 2. The van der Waals surface area contributed by atoms with Gasteiger partial charge in [0.1, 0.15) is 5.82 Å². The molecule has 0 amide bonds. The molecule has 0 spiro atoms. The molecule has 0 atom stereocenters. The van der Waals surface area contributed by atoms with Gasteiger partial charge in [0.2, 0.25) is 0 Å². The highest BCUT2D eigenvalue weighted by atomic mass is 32.1. The van der Waals surface area contributed by atoms with Gasteiger partial charge >= 0.3 is 5.97 Å². The van der Waals surface area contributed by atoms with Gasteiger partial charge in [0.25, 0.3) is 0 Å². The first-order chi connectivity index (χ1) is 8.75. The average molecular weight is 278 g/mol. The molecule has 0 fully saturated rings. The number of nitrogens with zero attached hydrogens (tertiary/aromatic N) is 1. The van der Waals surface area contributed by atoms with E-state index in [1.165, 1.54) is 0 Å². The van der Waals surface area contributed by atoms with Crippen LogP contribution in [0.25, 0.3) is 10.1 Å². The van der Waals surface area contributed by atoms with Crippen LogP contribution in [0, 0.1) is 5.41 Å². The molecule has 2 N–H and O–H groups in total. The van der Waals surface area contributed by atoms with Gasteiger partial charge in [-0.15, -0.1) is 11.3 Å². The summed E-state index contributed by atoms with van der Waals surface area (Å²) in [7, 11) is 0. The summed E-state index contributed by atoms with van der Waals surface area (Å²) in [6.07, 6.45) is 1.74. The molecule has 0 unspecified atom stereocenters. The minimum atomic E-state index is -0.910. The van der Waals surface area contributed by atoms with Crippen molar-refractivity contribution in [2.75, 3.05) is 5.32 Å². The van der Waals surface area contributed by atoms with Crippen LogP contribution < -0.4 is 5.32 Å². The summed E-state index contributed by atoms with van der Waals surface area (Å²) in [5, 5.41) is 15.7. The lowest BCUT2D eigenvalue weighted by atomic mass is 9.74. The molecule has 2 aromatic heterocycles. The molecule has 0 aliphatic carbocycles. The number of aliphatic carboxylic acids is 1. The number of fused-ring (bicyclic) bond motifs is 1. The van der Waals surface area contributed by atoms with Gasteiger partial charge < -0.3 is 10.4 Å². The van der Waals surface area contributed by atoms with Gasteiger partial charge in [-0.2, -0.15) is 0 Å². The minimum Gasteiger partial charge on any atom is -0.481 e.